The third-order valence-electron chi connectivity index (χ3n) is 6.67. The van der Waals surface area contributed by atoms with Crippen LogP contribution in [0, 0.1) is 23.3 Å². The van der Waals surface area contributed by atoms with Crippen molar-refractivity contribution in [2.75, 3.05) is 10.6 Å². The van der Waals surface area contributed by atoms with Gasteiger partial charge in [-0.15, -0.1) is 5.10 Å². The van der Waals surface area contributed by atoms with Crippen LogP contribution in [0.1, 0.15) is 10.4 Å². The number of carbonyl (C=O) groups excluding carboxylic acids is 1. The molecule has 7 aromatic rings. The van der Waals surface area contributed by atoms with E-state index in [1.807, 2.05) is 5.43 Å². The average Bonchev–Trinajstić information content (AvgIpc) is 3.83. The SMILES string of the molecule is NNC(=O)c1cn2ccnc2c(F)c1Nc1ccc(Br)cc1F.O=c1[nH]nc(-c2cn3ccnc3c(F)c2Nc2ccc(Br)cc2F)o1. The largest absolute Gasteiger partial charge is 0.434 e. The zero-order valence-electron chi connectivity index (χ0n) is 23.7. The second kappa shape index (κ2) is 13.3. The number of H-pyrrole nitrogens is 1. The number of rotatable bonds is 6. The molecule has 5 heterocycles. The fourth-order valence-corrected chi connectivity index (χ4v) is 5.16. The lowest BCUT2D eigenvalue weighted by molar-refractivity contribution is 0.0953. The number of hydrogen-bond donors (Lipinski definition) is 5. The third-order valence-corrected chi connectivity index (χ3v) is 7.66. The number of fused-ring (bicyclic) bond motifs is 2. The minimum atomic E-state index is -0.793. The molecule has 0 aliphatic heterocycles. The number of pyridine rings is 2. The number of nitrogens with zero attached hydrogens (tertiary/aromatic N) is 5. The zero-order chi connectivity index (χ0) is 34.1. The molecule has 0 bridgehead atoms. The molecule has 7 rings (SSSR count). The molecule has 19 heteroatoms. The Labute approximate surface area is 282 Å². The van der Waals surface area contributed by atoms with E-state index in [0.717, 1.165) is 0 Å². The first-order valence-corrected chi connectivity index (χ1v) is 14.9. The number of hydrazine groups is 1. The number of nitrogens with two attached hydrogens (primary N) is 1. The standard InChI is InChI=1S/C15H8BrF2N5O2.C14H10BrF2N5O/c16-7-1-2-10(9(17)5-7)20-12-8(14-21-22-15(24)25-14)6-23-4-3-19-13(23)11(12)18;15-7-1-2-10(9(16)5-7)20-12-8(14(23)21-18)6-22-4-3-19-13(22)11(12)17/h1-6,20H,(H,22,24);1-6,20H,18H2,(H,21,23). The number of aromatic nitrogens is 6. The minimum Gasteiger partial charge on any atom is -0.388 e. The van der Waals surface area contributed by atoms with E-state index >= 15 is 0 Å². The maximum atomic E-state index is 14.9. The summed E-state index contributed by atoms with van der Waals surface area (Å²) in [7, 11) is 0. The molecule has 13 nitrogen and oxygen atoms in total. The van der Waals surface area contributed by atoms with Gasteiger partial charge in [0.05, 0.1) is 33.9 Å². The molecule has 0 aliphatic carbocycles. The Hall–Kier alpha value is -5.53. The predicted octanol–water partition coefficient (Wildman–Crippen LogP) is 6.18. The summed E-state index contributed by atoms with van der Waals surface area (Å²) in [6, 6.07) is 8.50. The predicted molar refractivity (Wildman–Crippen MR) is 173 cm³/mol. The van der Waals surface area contributed by atoms with E-state index in [2.05, 4.69) is 62.7 Å². The van der Waals surface area contributed by atoms with Crippen molar-refractivity contribution >= 4 is 71.8 Å². The van der Waals surface area contributed by atoms with Gasteiger partial charge in [0, 0.05) is 46.1 Å². The molecule has 0 spiro atoms. The molecule has 2 aromatic carbocycles. The van der Waals surface area contributed by atoms with Gasteiger partial charge in [-0.3, -0.25) is 10.2 Å². The molecule has 0 aliphatic rings. The number of amides is 1. The van der Waals surface area contributed by atoms with E-state index in [9.17, 15) is 27.2 Å². The van der Waals surface area contributed by atoms with E-state index in [1.165, 1.54) is 70.2 Å². The minimum absolute atomic E-state index is 0.00130. The van der Waals surface area contributed by atoms with Gasteiger partial charge < -0.3 is 23.9 Å². The Morgan fingerprint density at radius 1 is 0.833 bits per heavy atom. The summed E-state index contributed by atoms with van der Waals surface area (Å²) in [5, 5.41) is 11.1. The van der Waals surface area contributed by atoms with Crippen molar-refractivity contribution in [3.05, 3.63) is 122 Å². The van der Waals surface area contributed by atoms with Crippen LogP contribution in [0.4, 0.5) is 40.3 Å². The number of anilines is 4. The summed E-state index contributed by atoms with van der Waals surface area (Å²) in [5.74, 6) is 0.744. The van der Waals surface area contributed by atoms with E-state index < -0.39 is 34.9 Å². The van der Waals surface area contributed by atoms with Crippen molar-refractivity contribution in [2.24, 2.45) is 5.84 Å². The molecule has 0 unspecified atom stereocenters. The van der Waals surface area contributed by atoms with Crippen molar-refractivity contribution in [3.8, 4) is 11.5 Å². The van der Waals surface area contributed by atoms with Gasteiger partial charge in [-0.1, -0.05) is 31.9 Å². The molecule has 48 heavy (non-hydrogen) atoms. The second-order valence-corrected chi connectivity index (χ2v) is 11.5. The monoisotopic (exact) mass is 788 g/mol. The highest BCUT2D eigenvalue weighted by Crippen LogP contribution is 2.34. The topological polar surface area (TPSA) is 173 Å². The average molecular weight is 790 g/mol. The Balaban J connectivity index is 0.000000168. The molecule has 1 amide bonds. The Kier molecular flexibility index (Phi) is 8.98. The van der Waals surface area contributed by atoms with Crippen LogP contribution in [0.25, 0.3) is 22.7 Å². The molecule has 5 aromatic heterocycles. The normalized spacial score (nSPS) is 11.0. The summed E-state index contributed by atoms with van der Waals surface area (Å²) < 4.78 is 66.4. The summed E-state index contributed by atoms with van der Waals surface area (Å²) in [6.07, 6.45) is 8.63. The molecule has 244 valence electrons. The van der Waals surface area contributed by atoms with Gasteiger partial charge in [0.25, 0.3) is 11.8 Å². The molecule has 0 radical (unpaired) electrons. The first-order chi connectivity index (χ1) is 23.0. The molecule has 6 N–H and O–H groups in total. The lowest BCUT2D eigenvalue weighted by Crippen LogP contribution is -2.31. The number of hydrogen-bond acceptors (Lipinski definition) is 9. The fraction of sp³-hybridized carbons (Fsp3) is 0. The van der Waals surface area contributed by atoms with Crippen LogP contribution in [0.3, 0.4) is 0 Å². The molecule has 0 fully saturated rings. The van der Waals surface area contributed by atoms with E-state index in [-0.39, 0.29) is 51.1 Å². The number of nitrogens with one attached hydrogen (secondary N) is 4. The van der Waals surface area contributed by atoms with Crippen molar-refractivity contribution in [1.29, 1.82) is 0 Å². The van der Waals surface area contributed by atoms with E-state index in [0.29, 0.717) is 8.95 Å². The summed E-state index contributed by atoms with van der Waals surface area (Å²) in [4.78, 5) is 30.9. The first kappa shape index (κ1) is 32.4. The molecule has 0 atom stereocenters. The summed E-state index contributed by atoms with van der Waals surface area (Å²) >= 11 is 6.30. The highest BCUT2D eigenvalue weighted by Gasteiger charge is 2.22. The van der Waals surface area contributed by atoms with Crippen LogP contribution in [0.2, 0.25) is 0 Å². The van der Waals surface area contributed by atoms with Crippen molar-refractivity contribution in [2.45, 2.75) is 0 Å². The van der Waals surface area contributed by atoms with Gasteiger partial charge in [-0.25, -0.2) is 43.3 Å². The second-order valence-electron chi connectivity index (χ2n) is 9.67. The lowest BCUT2D eigenvalue weighted by atomic mass is 10.2. The van der Waals surface area contributed by atoms with E-state index in [1.54, 1.807) is 12.1 Å². The Morgan fingerprint density at radius 2 is 1.38 bits per heavy atom. The first-order valence-electron chi connectivity index (χ1n) is 13.3. The van der Waals surface area contributed by atoms with Gasteiger partial charge in [-0.2, -0.15) is 0 Å². The van der Waals surface area contributed by atoms with Gasteiger partial charge in [0.2, 0.25) is 0 Å². The van der Waals surface area contributed by atoms with Crippen LogP contribution in [-0.4, -0.2) is 34.9 Å². The zero-order valence-corrected chi connectivity index (χ0v) is 26.9. The lowest BCUT2D eigenvalue weighted by Gasteiger charge is -2.14. The Morgan fingerprint density at radius 3 is 1.90 bits per heavy atom. The van der Waals surface area contributed by atoms with Crippen LogP contribution < -0.4 is 27.7 Å². The highest BCUT2D eigenvalue weighted by molar-refractivity contribution is 9.10. The van der Waals surface area contributed by atoms with Crippen LogP contribution in [0.5, 0.6) is 0 Å². The number of halogens is 6. The summed E-state index contributed by atoms with van der Waals surface area (Å²) in [6.45, 7) is 0. The van der Waals surface area contributed by atoms with Crippen LogP contribution >= 0.6 is 31.9 Å². The van der Waals surface area contributed by atoms with Gasteiger partial charge in [0.15, 0.2) is 22.9 Å². The molecule has 0 saturated heterocycles. The van der Waals surface area contributed by atoms with Crippen LogP contribution in [0.15, 0.2) is 91.7 Å². The highest BCUT2D eigenvalue weighted by atomic mass is 79.9. The van der Waals surface area contributed by atoms with Crippen molar-refractivity contribution in [3.63, 3.8) is 0 Å². The van der Waals surface area contributed by atoms with E-state index in [4.69, 9.17) is 10.3 Å². The van der Waals surface area contributed by atoms with Crippen LogP contribution in [-0.2, 0) is 0 Å². The Bertz CT molecular complexity index is 2390. The maximum absolute atomic E-state index is 14.9. The van der Waals surface area contributed by atoms with Gasteiger partial charge >= 0.3 is 5.76 Å². The fourth-order valence-electron chi connectivity index (χ4n) is 4.49. The summed E-state index contributed by atoms with van der Waals surface area (Å²) in [5.41, 5.74) is 1.72. The number of benzene rings is 2. The number of nitrogen functional groups attached to an aromatic ring is 1. The third kappa shape index (κ3) is 6.37. The number of aromatic amines is 1. The molecule has 0 saturated carbocycles. The quantitative estimate of drug-likeness (QED) is 0.0571. The number of imidazole rings is 2. The smallest absolute Gasteiger partial charge is 0.388 e. The molecular formula is C29H18Br2F4N10O3. The van der Waals surface area contributed by atoms with Gasteiger partial charge in [-0.05, 0) is 36.4 Å². The van der Waals surface area contributed by atoms with Gasteiger partial charge in [0.1, 0.15) is 11.6 Å². The van der Waals surface area contributed by atoms with Crippen molar-refractivity contribution in [1.82, 2.24) is 34.4 Å². The maximum Gasteiger partial charge on any atom is 0.434 e. The number of carbonyl (C=O) groups is 1. The molecular weight excluding hydrogens is 772 g/mol. The van der Waals surface area contributed by atoms with Crippen molar-refractivity contribution < 1.29 is 26.8 Å².